The summed E-state index contributed by atoms with van der Waals surface area (Å²) in [5.41, 5.74) is -0.132. The Morgan fingerprint density at radius 2 is 2.55 bits per heavy atom. The second-order valence-electron chi connectivity index (χ2n) is 4.65. The van der Waals surface area contributed by atoms with Crippen molar-refractivity contribution in [3.63, 3.8) is 0 Å². The van der Waals surface area contributed by atoms with Crippen molar-refractivity contribution in [2.75, 3.05) is 25.1 Å². The van der Waals surface area contributed by atoms with E-state index in [0.29, 0.717) is 19.0 Å². The summed E-state index contributed by atoms with van der Waals surface area (Å²) < 4.78 is 10.9. The summed E-state index contributed by atoms with van der Waals surface area (Å²) in [5.74, 6) is 0.413. The van der Waals surface area contributed by atoms with Gasteiger partial charge in [-0.1, -0.05) is 11.6 Å². The fourth-order valence-corrected chi connectivity index (χ4v) is 2.05. The Bertz CT molecular complexity index is 480. The molecular weight excluding hydrogens is 286 g/mol. The third-order valence-corrected chi connectivity index (χ3v) is 3.18. The molecule has 1 aliphatic heterocycles. The van der Waals surface area contributed by atoms with Crippen LogP contribution < -0.4 is 5.32 Å². The number of anilines is 1. The van der Waals surface area contributed by atoms with Gasteiger partial charge in [0.15, 0.2) is 0 Å². The van der Waals surface area contributed by atoms with Gasteiger partial charge in [0.05, 0.1) is 29.3 Å². The van der Waals surface area contributed by atoms with E-state index < -0.39 is 4.92 Å². The molecule has 2 rings (SSSR count). The van der Waals surface area contributed by atoms with E-state index in [1.807, 2.05) is 6.92 Å². The molecule has 1 N–H and O–H groups in total. The van der Waals surface area contributed by atoms with Crippen molar-refractivity contribution in [1.29, 1.82) is 0 Å². The van der Waals surface area contributed by atoms with Crippen LogP contribution in [0.1, 0.15) is 13.3 Å². The van der Waals surface area contributed by atoms with Crippen LogP contribution in [0.5, 0.6) is 0 Å². The molecule has 8 heteroatoms. The molecule has 1 fully saturated rings. The molecule has 1 aliphatic rings. The van der Waals surface area contributed by atoms with E-state index in [4.69, 9.17) is 21.1 Å². The van der Waals surface area contributed by atoms with Crippen LogP contribution >= 0.6 is 11.6 Å². The first-order valence-electron chi connectivity index (χ1n) is 6.32. The number of aromatic nitrogens is 1. The molecular formula is C12H16ClN3O4. The summed E-state index contributed by atoms with van der Waals surface area (Å²) in [4.78, 5) is 14.0. The Labute approximate surface area is 121 Å². The van der Waals surface area contributed by atoms with Gasteiger partial charge in [0, 0.05) is 18.7 Å². The molecule has 2 atom stereocenters. The van der Waals surface area contributed by atoms with Gasteiger partial charge in [-0.15, -0.1) is 0 Å². The molecule has 0 saturated carbocycles. The molecule has 20 heavy (non-hydrogen) atoms. The standard InChI is InChI=1S/C12H16ClN3O4/c1-8(6-20-10-2-3-19-7-10)15-12-11(13)4-9(5-14-12)16(17)18/h4-5,8,10H,2-3,6-7H2,1H3,(H,14,15). The van der Waals surface area contributed by atoms with E-state index in [0.717, 1.165) is 13.0 Å². The van der Waals surface area contributed by atoms with E-state index in [1.54, 1.807) is 0 Å². The molecule has 0 spiro atoms. The van der Waals surface area contributed by atoms with Crippen LogP contribution in [0.15, 0.2) is 12.3 Å². The van der Waals surface area contributed by atoms with Crippen LogP contribution in [-0.4, -0.2) is 41.9 Å². The van der Waals surface area contributed by atoms with Gasteiger partial charge in [0.1, 0.15) is 12.0 Å². The van der Waals surface area contributed by atoms with E-state index in [-0.39, 0.29) is 22.9 Å². The monoisotopic (exact) mass is 301 g/mol. The van der Waals surface area contributed by atoms with Crippen molar-refractivity contribution in [3.05, 3.63) is 27.4 Å². The summed E-state index contributed by atoms with van der Waals surface area (Å²) >= 11 is 5.95. The highest BCUT2D eigenvalue weighted by molar-refractivity contribution is 6.33. The number of halogens is 1. The third kappa shape index (κ3) is 4.03. The van der Waals surface area contributed by atoms with Crippen LogP contribution in [0.4, 0.5) is 11.5 Å². The zero-order valence-corrected chi connectivity index (χ0v) is 11.8. The predicted octanol–water partition coefficient (Wildman–Crippen LogP) is 2.25. The van der Waals surface area contributed by atoms with E-state index in [9.17, 15) is 10.1 Å². The van der Waals surface area contributed by atoms with Crippen LogP contribution in [0.3, 0.4) is 0 Å². The third-order valence-electron chi connectivity index (χ3n) is 2.89. The average Bonchev–Trinajstić information content (AvgIpc) is 2.91. The van der Waals surface area contributed by atoms with Crippen molar-refractivity contribution < 1.29 is 14.4 Å². The highest BCUT2D eigenvalue weighted by Crippen LogP contribution is 2.24. The summed E-state index contributed by atoms with van der Waals surface area (Å²) in [6, 6.07) is 1.26. The molecule has 1 aromatic heterocycles. The second-order valence-corrected chi connectivity index (χ2v) is 5.05. The lowest BCUT2D eigenvalue weighted by Crippen LogP contribution is -2.26. The fraction of sp³-hybridized carbons (Fsp3) is 0.583. The minimum atomic E-state index is -0.532. The zero-order chi connectivity index (χ0) is 14.5. The molecule has 2 unspecified atom stereocenters. The number of ether oxygens (including phenoxy) is 2. The van der Waals surface area contributed by atoms with Gasteiger partial charge in [-0.3, -0.25) is 10.1 Å². The number of nitro groups is 1. The lowest BCUT2D eigenvalue weighted by molar-refractivity contribution is -0.385. The Kier molecular flexibility index (Phi) is 5.11. The number of nitrogens with zero attached hydrogens (tertiary/aromatic N) is 2. The topological polar surface area (TPSA) is 86.5 Å². The van der Waals surface area contributed by atoms with E-state index >= 15 is 0 Å². The number of rotatable bonds is 6. The number of nitrogens with one attached hydrogen (secondary N) is 1. The lowest BCUT2D eigenvalue weighted by atomic mass is 10.3. The maximum atomic E-state index is 10.6. The maximum absolute atomic E-state index is 10.6. The first-order chi connectivity index (χ1) is 9.56. The predicted molar refractivity (Wildman–Crippen MR) is 74.2 cm³/mol. The van der Waals surface area contributed by atoms with E-state index in [1.165, 1.54) is 12.3 Å². The molecule has 0 radical (unpaired) electrons. The second kappa shape index (κ2) is 6.83. The minimum absolute atomic E-state index is 0.0120. The quantitative estimate of drug-likeness (QED) is 0.640. The molecule has 7 nitrogen and oxygen atoms in total. The van der Waals surface area contributed by atoms with Gasteiger partial charge in [0.25, 0.3) is 5.69 Å². The smallest absolute Gasteiger partial charge is 0.289 e. The molecule has 1 saturated heterocycles. The molecule has 1 aromatic rings. The molecule has 0 aliphatic carbocycles. The molecule has 0 amide bonds. The molecule has 0 aromatic carbocycles. The fourth-order valence-electron chi connectivity index (χ4n) is 1.83. The Balaban J connectivity index is 1.86. The van der Waals surface area contributed by atoms with Crippen LogP contribution in [0, 0.1) is 10.1 Å². The SMILES string of the molecule is CC(COC1CCOC1)Nc1ncc([N+](=O)[O-])cc1Cl. The Morgan fingerprint density at radius 3 is 3.15 bits per heavy atom. The summed E-state index contributed by atoms with van der Waals surface area (Å²) in [5, 5.41) is 13.9. The first kappa shape index (κ1) is 15.0. The largest absolute Gasteiger partial charge is 0.379 e. The normalized spacial score (nSPS) is 19.8. The van der Waals surface area contributed by atoms with Gasteiger partial charge in [-0.25, -0.2) is 4.98 Å². The Morgan fingerprint density at radius 1 is 1.75 bits per heavy atom. The molecule has 2 heterocycles. The van der Waals surface area contributed by atoms with Gasteiger partial charge < -0.3 is 14.8 Å². The minimum Gasteiger partial charge on any atom is -0.379 e. The van der Waals surface area contributed by atoms with Gasteiger partial charge in [0.2, 0.25) is 0 Å². The highest BCUT2D eigenvalue weighted by Gasteiger charge is 2.18. The lowest BCUT2D eigenvalue weighted by Gasteiger charge is -2.17. The maximum Gasteiger partial charge on any atom is 0.289 e. The summed E-state index contributed by atoms with van der Waals surface area (Å²) in [6.07, 6.45) is 2.22. The summed E-state index contributed by atoms with van der Waals surface area (Å²) in [6.45, 7) is 3.78. The van der Waals surface area contributed by atoms with Crippen LogP contribution in [0.2, 0.25) is 5.02 Å². The number of pyridine rings is 1. The number of hydrogen-bond acceptors (Lipinski definition) is 6. The molecule has 0 bridgehead atoms. The van der Waals surface area contributed by atoms with Crippen molar-refractivity contribution >= 4 is 23.1 Å². The Hall–Kier alpha value is -1.44. The van der Waals surface area contributed by atoms with Crippen molar-refractivity contribution in [2.45, 2.75) is 25.5 Å². The highest BCUT2D eigenvalue weighted by atomic mass is 35.5. The number of hydrogen-bond donors (Lipinski definition) is 1. The van der Waals surface area contributed by atoms with Gasteiger partial charge >= 0.3 is 0 Å². The van der Waals surface area contributed by atoms with Crippen molar-refractivity contribution in [2.24, 2.45) is 0 Å². The van der Waals surface area contributed by atoms with Crippen LogP contribution in [-0.2, 0) is 9.47 Å². The summed E-state index contributed by atoms with van der Waals surface area (Å²) in [7, 11) is 0. The van der Waals surface area contributed by atoms with Crippen molar-refractivity contribution in [1.82, 2.24) is 4.98 Å². The molecule has 110 valence electrons. The van der Waals surface area contributed by atoms with Gasteiger partial charge in [-0.2, -0.15) is 0 Å². The van der Waals surface area contributed by atoms with Gasteiger partial charge in [-0.05, 0) is 13.3 Å². The van der Waals surface area contributed by atoms with Crippen molar-refractivity contribution in [3.8, 4) is 0 Å². The average molecular weight is 302 g/mol. The van der Waals surface area contributed by atoms with E-state index in [2.05, 4.69) is 10.3 Å². The zero-order valence-electron chi connectivity index (χ0n) is 11.0. The first-order valence-corrected chi connectivity index (χ1v) is 6.70. The van der Waals surface area contributed by atoms with Crippen LogP contribution in [0.25, 0.3) is 0 Å².